The minimum Gasteiger partial charge on any atom is -0.383 e. The molecule has 3 nitrogen and oxygen atoms in total. The molecule has 2 aromatic carbocycles. The van der Waals surface area contributed by atoms with Gasteiger partial charge >= 0.3 is 0 Å². The fraction of sp³-hybridized carbons (Fsp3) is 0.520. The number of nitrogens with one attached hydrogen (secondary N) is 2. The first-order valence-electron chi connectivity index (χ1n) is 11.0. The van der Waals surface area contributed by atoms with Crippen LogP contribution in [0.1, 0.15) is 49.9 Å². The van der Waals surface area contributed by atoms with Crippen molar-refractivity contribution in [2.75, 3.05) is 43.9 Å². The maximum Gasteiger partial charge on any atom is 0.0405 e. The Balaban J connectivity index is 0.00000420. The first-order chi connectivity index (χ1) is 13.6. The summed E-state index contributed by atoms with van der Waals surface area (Å²) in [5.74, 6) is 0. The summed E-state index contributed by atoms with van der Waals surface area (Å²) in [7, 11) is 2.21. The second kappa shape index (κ2) is 13.7. The smallest absolute Gasteiger partial charge is 0.0405 e. The summed E-state index contributed by atoms with van der Waals surface area (Å²) in [5, 5.41) is 7.39. The molecule has 0 saturated heterocycles. The Morgan fingerprint density at radius 2 is 0.931 bits per heavy atom. The Kier molecular flexibility index (Phi) is 12.1. The van der Waals surface area contributed by atoms with E-state index < -0.39 is 0 Å². The van der Waals surface area contributed by atoms with E-state index in [0.29, 0.717) is 0 Å². The van der Waals surface area contributed by atoms with E-state index in [2.05, 4.69) is 86.7 Å². The van der Waals surface area contributed by atoms with Crippen molar-refractivity contribution in [1.82, 2.24) is 4.90 Å². The van der Waals surface area contributed by atoms with Gasteiger partial charge in [-0.25, -0.2) is 0 Å². The molecular weight excluding hydrogens is 398 g/mol. The topological polar surface area (TPSA) is 27.3 Å². The van der Waals surface area contributed by atoms with Crippen molar-refractivity contribution in [2.24, 2.45) is 0 Å². The molecule has 0 aliphatic rings. The van der Waals surface area contributed by atoms with Crippen LogP contribution in [0.15, 0.2) is 36.4 Å². The zero-order chi connectivity index (χ0) is 20.4. The van der Waals surface area contributed by atoms with Gasteiger partial charge in [0, 0.05) is 54.6 Å². The van der Waals surface area contributed by atoms with Crippen molar-refractivity contribution in [3.8, 4) is 0 Å². The van der Waals surface area contributed by atoms with Gasteiger partial charge < -0.3 is 15.5 Å². The van der Waals surface area contributed by atoms with Gasteiger partial charge in [0.05, 0.1) is 0 Å². The molecule has 0 aromatic heterocycles. The second-order valence-electron chi connectivity index (χ2n) is 7.47. The number of hydrogen-bond donors (Lipinski definition) is 2. The number of rotatable bonds is 12. The van der Waals surface area contributed by atoms with E-state index in [0.717, 1.165) is 51.9 Å². The van der Waals surface area contributed by atoms with Gasteiger partial charge in [0.1, 0.15) is 0 Å². The molecule has 0 aliphatic heterocycles. The van der Waals surface area contributed by atoms with Gasteiger partial charge in [-0.05, 0) is 55.0 Å². The molecule has 0 fully saturated rings. The molecule has 2 aromatic rings. The zero-order valence-corrected chi connectivity index (χ0v) is 20.0. The first kappa shape index (κ1) is 25.6. The van der Waals surface area contributed by atoms with Crippen molar-refractivity contribution in [3.05, 3.63) is 58.7 Å². The molecule has 0 unspecified atom stereocenters. The van der Waals surface area contributed by atoms with Crippen molar-refractivity contribution in [3.63, 3.8) is 0 Å². The molecule has 0 amide bonds. The number of hydrogen-bond acceptors (Lipinski definition) is 3. The molecule has 29 heavy (non-hydrogen) atoms. The molecule has 0 aliphatic carbocycles. The molecule has 4 heteroatoms. The molecule has 0 spiro atoms. The quantitative estimate of drug-likeness (QED) is 0.436. The Labute approximate surface area is 189 Å². The monoisotopic (exact) mass is 437 g/mol. The van der Waals surface area contributed by atoms with Gasteiger partial charge in [-0.15, -0.1) is 0 Å². The molecule has 0 atom stereocenters. The summed E-state index contributed by atoms with van der Waals surface area (Å²) in [6.45, 7) is 13.0. The van der Waals surface area contributed by atoms with Crippen molar-refractivity contribution >= 4 is 11.4 Å². The van der Waals surface area contributed by atoms with Gasteiger partial charge in [0.2, 0.25) is 0 Å². The van der Waals surface area contributed by atoms with Gasteiger partial charge in [0.25, 0.3) is 0 Å². The summed E-state index contributed by atoms with van der Waals surface area (Å²) in [6.07, 6.45) is 4.30. The van der Waals surface area contributed by atoms with Crippen LogP contribution >= 0.6 is 0 Å². The summed E-state index contributed by atoms with van der Waals surface area (Å²) in [6, 6.07) is 13.3. The Bertz CT molecular complexity index is 624. The van der Waals surface area contributed by atoms with Gasteiger partial charge in [-0.3, -0.25) is 0 Å². The molecule has 0 heterocycles. The van der Waals surface area contributed by atoms with E-state index in [4.69, 9.17) is 0 Å². The Morgan fingerprint density at radius 3 is 1.21 bits per heavy atom. The van der Waals surface area contributed by atoms with Crippen LogP contribution in [0.3, 0.4) is 0 Å². The van der Waals surface area contributed by atoms with Crippen molar-refractivity contribution in [1.29, 1.82) is 0 Å². The van der Waals surface area contributed by atoms with Crippen LogP contribution in [0.25, 0.3) is 0 Å². The zero-order valence-electron chi connectivity index (χ0n) is 18.9. The van der Waals surface area contributed by atoms with E-state index in [1.54, 1.807) is 0 Å². The SMILES string of the molecule is CCc1cccc(CC)c1NCCN(C)CCNc1c(CC)cccc1CC.[Fe]. The molecule has 2 N–H and O–H groups in total. The van der Waals surface area contributed by atoms with Crippen molar-refractivity contribution in [2.45, 2.75) is 53.4 Å². The van der Waals surface area contributed by atoms with E-state index in [9.17, 15) is 0 Å². The maximum absolute atomic E-state index is 3.70. The number of benzene rings is 2. The predicted octanol–water partition coefficient (Wildman–Crippen LogP) is 5.39. The van der Waals surface area contributed by atoms with Crippen LogP contribution in [0.5, 0.6) is 0 Å². The molecule has 162 valence electrons. The number of likely N-dealkylation sites (N-methyl/N-ethyl adjacent to an activating group) is 1. The van der Waals surface area contributed by atoms with Crippen LogP contribution < -0.4 is 10.6 Å². The Hall–Kier alpha value is -1.48. The molecule has 0 saturated carbocycles. The Morgan fingerprint density at radius 1 is 0.621 bits per heavy atom. The average molecular weight is 437 g/mol. The van der Waals surface area contributed by atoms with Crippen LogP contribution in [-0.4, -0.2) is 38.1 Å². The third kappa shape index (κ3) is 7.37. The average Bonchev–Trinajstić information content (AvgIpc) is 2.73. The molecular formula is C25H39FeN3. The normalized spacial score (nSPS) is 10.7. The number of aryl methyl sites for hydroxylation is 4. The van der Waals surface area contributed by atoms with Gasteiger partial charge in [-0.2, -0.15) is 0 Å². The molecule has 0 bridgehead atoms. The number of para-hydroxylation sites is 2. The van der Waals surface area contributed by atoms with Crippen LogP contribution in [0, 0.1) is 0 Å². The largest absolute Gasteiger partial charge is 0.383 e. The standard InChI is InChI=1S/C25H39N3.Fe/c1-6-20-12-10-13-21(7-2)24(20)26-16-18-28(5)19-17-27-25-22(8-3)14-11-15-23(25)9-4;/h10-15,26-27H,6-9,16-19H2,1-5H3;. The minimum absolute atomic E-state index is 0. The number of anilines is 2. The van der Waals surface area contributed by atoms with Gasteiger partial charge in [-0.1, -0.05) is 64.1 Å². The van der Waals surface area contributed by atoms with Crippen LogP contribution in [0.4, 0.5) is 11.4 Å². The van der Waals surface area contributed by atoms with E-state index in [1.165, 1.54) is 33.6 Å². The van der Waals surface area contributed by atoms with E-state index in [1.807, 2.05) is 0 Å². The fourth-order valence-electron chi connectivity index (χ4n) is 3.79. The maximum atomic E-state index is 3.70. The molecule has 2 rings (SSSR count). The summed E-state index contributed by atoms with van der Waals surface area (Å²) < 4.78 is 0. The first-order valence-corrected chi connectivity index (χ1v) is 11.0. The van der Waals surface area contributed by atoms with E-state index >= 15 is 0 Å². The summed E-state index contributed by atoms with van der Waals surface area (Å²) >= 11 is 0. The third-order valence-electron chi connectivity index (χ3n) is 5.59. The molecule has 0 radical (unpaired) electrons. The minimum atomic E-state index is 0. The summed E-state index contributed by atoms with van der Waals surface area (Å²) in [5.41, 5.74) is 8.39. The fourth-order valence-corrected chi connectivity index (χ4v) is 3.79. The summed E-state index contributed by atoms with van der Waals surface area (Å²) in [4.78, 5) is 2.40. The van der Waals surface area contributed by atoms with Gasteiger partial charge in [0.15, 0.2) is 0 Å². The predicted molar refractivity (Wildman–Crippen MR) is 125 cm³/mol. The third-order valence-corrected chi connectivity index (χ3v) is 5.59. The van der Waals surface area contributed by atoms with Crippen molar-refractivity contribution < 1.29 is 17.1 Å². The van der Waals surface area contributed by atoms with Crippen LogP contribution in [-0.2, 0) is 42.8 Å². The second-order valence-corrected chi connectivity index (χ2v) is 7.47. The van der Waals surface area contributed by atoms with Crippen LogP contribution in [0.2, 0.25) is 0 Å². The number of nitrogens with zero attached hydrogens (tertiary/aromatic N) is 1. The van der Waals surface area contributed by atoms with E-state index in [-0.39, 0.29) is 17.1 Å².